The van der Waals surface area contributed by atoms with Gasteiger partial charge in [-0.2, -0.15) is 0 Å². The average Bonchev–Trinajstić information content (AvgIpc) is 2.93. The summed E-state index contributed by atoms with van der Waals surface area (Å²) >= 11 is 0. The molecular formula is C19H19N3O3. The van der Waals surface area contributed by atoms with Crippen LogP contribution in [-0.2, 0) is 11.2 Å². The molecule has 0 radical (unpaired) electrons. The number of oxazole rings is 1. The first-order valence-corrected chi connectivity index (χ1v) is 8.03. The van der Waals surface area contributed by atoms with Gasteiger partial charge in [0.25, 0.3) is 5.91 Å². The van der Waals surface area contributed by atoms with Crippen LogP contribution in [-0.4, -0.2) is 23.3 Å². The third kappa shape index (κ3) is 4.23. The van der Waals surface area contributed by atoms with E-state index < -0.39 is 0 Å². The summed E-state index contributed by atoms with van der Waals surface area (Å²) in [4.78, 5) is 27.6. The number of aryl methyl sites for hydroxylation is 1. The van der Waals surface area contributed by atoms with E-state index in [0.29, 0.717) is 30.1 Å². The van der Waals surface area contributed by atoms with Crippen molar-refractivity contribution in [2.45, 2.75) is 20.3 Å². The molecule has 0 bridgehead atoms. The second-order valence-corrected chi connectivity index (χ2v) is 5.80. The maximum Gasteiger partial charge on any atom is 0.251 e. The summed E-state index contributed by atoms with van der Waals surface area (Å²) in [6, 6.07) is 12.7. The Hall–Kier alpha value is -3.15. The lowest BCUT2D eigenvalue weighted by Crippen LogP contribution is -2.25. The van der Waals surface area contributed by atoms with Crippen molar-refractivity contribution in [1.29, 1.82) is 0 Å². The van der Waals surface area contributed by atoms with Gasteiger partial charge in [0, 0.05) is 31.6 Å². The second-order valence-electron chi connectivity index (χ2n) is 5.80. The van der Waals surface area contributed by atoms with Crippen LogP contribution in [0.15, 0.2) is 46.9 Å². The Balaban J connectivity index is 1.59. The Morgan fingerprint density at radius 1 is 1.16 bits per heavy atom. The minimum atomic E-state index is -0.177. The zero-order valence-electron chi connectivity index (χ0n) is 14.1. The van der Waals surface area contributed by atoms with Crippen molar-refractivity contribution in [3.8, 4) is 0 Å². The molecule has 2 N–H and O–H groups in total. The summed E-state index contributed by atoms with van der Waals surface area (Å²) in [5.41, 5.74) is 3.76. The SMILES string of the molecule is CC(=O)Nc1cccc(C(=O)NCCc2ccc3nc(C)oc3c2)c1. The number of nitrogens with one attached hydrogen (secondary N) is 2. The van der Waals surface area contributed by atoms with Gasteiger partial charge in [-0.25, -0.2) is 4.98 Å². The zero-order valence-corrected chi connectivity index (χ0v) is 14.1. The number of amides is 2. The number of anilines is 1. The molecule has 0 aliphatic carbocycles. The van der Waals surface area contributed by atoms with Gasteiger partial charge in [-0.15, -0.1) is 0 Å². The molecule has 2 amide bonds. The second kappa shape index (κ2) is 7.17. The molecule has 3 aromatic rings. The number of nitrogens with zero attached hydrogens (tertiary/aromatic N) is 1. The Bertz CT molecular complexity index is 931. The first-order valence-electron chi connectivity index (χ1n) is 8.03. The average molecular weight is 337 g/mol. The Morgan fingerprint density at radius 3 is 2.80 bits per heavy atom. The first kappa shape index (κ1) is 16.7. The minimum Gasteiger partial charge on any atom is -0.441 e. The molecule has 1 aromatic heterocycles. The van der Waals surface area contributed by atoms with Crippen molar-refractivity contribution < 1.29 is 14.0 Å². The Morgan fingerprint density at radius 2 is 2.00 bits per heavy atom. The summed E-state index contributed by atoms with van der Waals surface area (Å²) in [5.74, 6) is 0.291. The van der Waals surface area contributed by atoms with Crippen molar-refractivity contribution >= 4 is 28.6 Å². The van der Waals surface area contributed by atoms with Gasteiger partial charge in [-0.1, -0.05) is 12.1 Å². The van der Waals surface area contributed by atoms with E-state index in [1.807, 2.05) is 25.1 Å². The quantitative estimate of drug-likeness (QED) is 0.749. The van der Waals surface area contributed by atoms with Crippen molar-refractivity contribution in [2.24, 2.45) is 0 Å². The summed E-state index contributed by atoms with van der Waals surface area (Å²) < 4.78 is 5.52. The van der Waals surface area contributed by atoms with Gasteiger partial charge in [0.1, 0.15) is 5.52 Å². The van der Waals surface area contributed by atoms with E-state index >= 15 is 0 Å². The van der Waals surface area contributed by atoms with E-state index in [-0.39, 0.29) is 11.8 Å². The molecule has 0 aliphatic heterocycles. The summed E-state index contributed by atoms with van der Waals surface area (Å²) in [5, 5.41) is 5.55. The van der Waals surface area contributed by atoms with E-state index in [1.54, 1.807) is 24.3 Å². The van der Waals surface area contributed by atoms with Crippen LogP contribution >= 0.6 is 0 Å². The standard InChI is InChI=1S/C19H19N3O3/c1-12(23)21-16-5-3-4-15(11-16)19(24)20-9-8-14-6-7-17-18(10-14)25-13(2)22-17/h3-7,10-11H,8-9H2,1-2H3,(H,20,24)(H,21,23). The van der Waals surface area contributed by atoms with E-state index in [0.717, 1.165) is 16.7 Å². The van der Waals surface area contributed by atoms with Crippen LogP contribution in [0.25, 0.3) is 11.1 Å². The number of carbonyl (C=O) groups is 2. The van der Waals surface area contributed by atoms with Crippen molar-refractivity contribution in [2.75, 3.05) is 11.9 Å². The minimum absolute atomic E-state index is 0.171. The molecule has 3 rings (SSSR count). The van der Waals surface area contributed by atoms with E-state index in [2.05, 4.69) is 15.6 Å². The van der Waals surface area contributed by atoms with Crippen LogP contribution in [0.1, 0.15) is 28.7 Å². The molecule has 0 unspecified atom stereocenters. The summed E-state index contributed by atoms with van der Waals surface area (Å²) in [7, 11) is 0. The van der Waals surface area contributed by atoms with Crippen molar-refractivity contribution in [3.63, 3.8) is 0 Å². The molecule has 0 saturated carbocycles. The highest BCUT2D eigenvalue weighted by Gasteiger charge is 2.07. The predicted octanol–water partition coefficient (Wildman–Crippen LogP) is 3.07. The molecule has 0 aliphatic rings. The van der Waals surface area contributed by atoms with Crippen LogP contribution in [0.5, 0.6) is 0 Å². The topological polar surface area (TPSA) is 84.2 Å². The molecule has 0 saturated heterocycles. The Labute approximate surface area is 145 Å². The largest absolute Gasteiger partial charge is 0.441 e. The van der Waals surface area contributed by atoms with Crippen LogP contribution < -0.4 is 10.6 Å². The first-order chi connectivity index (χ1) is 12.0. The lowest BCUT2D eigenvalue weighted by atomic mass is 10.1. The van der Waals surface area contributed by atoms with Crippen LogP contribution in [0.4, 0.5) is 5.69 Å². The Kier molecular flexibility index (Phi) is 4.79. The molecule has 6 nitrogen and oxygen atoms in total. The number of aromatic nitrogens is 1. The van der Waals surface area contributed by atoms with Crippen molar-refractivity contribution in [3.05, 3.63) is 59.5 Å². The van der Waals surface area contributed by atoms with Crippen LogP contribution in [0, 0.1) is 6.92 Å². The fraction of sp³-hybridized carbons (Fsp3) is 0.211. The maximum atomic E-state index is 12.2. The van der Waals surface area contributed by atoms with Gasteiger partial charge in [0.05, 0.1) is 0 Å². The highest BCUT2D eigenvalue weighted by molar-refractivity contribution is 5.96. The fourth-order valence-corrected chi connectivity index (χ4v) is 2.60. The number of fused-ring (bicyclic) bond motifs is 1. The molecule has 1 heterocycles. The lowest BCUT2D eigenvalue weighted by molar-refractivity contribution is -0.114. The molecule has 25 heavy (non-hydrogen) atoms. The van der Waals surface area contributed by atoms with Gasteiger partial charge in [-0.05, 0) is 42.3 Å². The number of benzene rings is 2. The number of rotatable bonds is 5. The number of hydrogen-bond donors (Lipinski definition) is 2. The normalized spacial score (nSPS) is 10.6. The van der Waals surface area contributed by atoms with Gasteiger partial charge in [0.2, 0.25) is 5.91 Å². The van der Waals surface area contributed by atoms with E-state index in [4.69, 9.17) is 4.42 Å². The smallest absolute Gasteiger partial charge is 0.251 e. The highest BCUT2D eigenvalue weighted by atomic mass is 16.3. The van der Waals surface area contributed by atoms with E-state index in [9.17, 15) is 9.59 Å². The zero-order chi connectivity index (χ0) is 17.8. The molecule has 6 heteroatoms. The van der Waals surface area contributed by atoms with Crippen molar-refractivity contribution in [1.82, 2.24) is 10.3 Å². The van der Waals surface area contributed by atoms with Crippen LogP contribution in [0.3, 0.4) is 0 Å². The van der Waals surface area contributed by atoms with E-state index in [1.165, 1.54) is 6.92 Å². The molecule has 128 valence electrons. The third-order valence-electron chi connectivity index (χ3n) is 3.70. The predicted molar refractivity (Wildman–Crippen MR) is 95.5 cm³/mol. The third-order valence-corrected chi connectivity index (χ3v) is 3.70. The van der Waals surface area contributed by atoms with Gasteiger partial charge < -0.3 is 15.1 Å². The van der Waals surface area contributed by atoms with Gasteiger partial charge >= 0.3 is 0 Å². The number of carbonyl (C=O) groups excluding carboxylic acids is 2. The number of hydrogen-bond acceptors (Lipinski definition) is 4. The maximum absolute atomic E-state index is 12.2. The molecule has 0 atom stereocenters. The fourth-order valence-electron chi connectivity index (χ4n) is 2.60. The van der Waals surface area contributed by atoms with Gasteiger partial charge in [0.15, 0.2) is 11.5 Å². The van der Waals surface area contributed by atoms with Gasteiger partial charge in [-0.3, -0.25) is 9.59 Å². The summed E-state index contributed by atoms with van der Waals surface area (Å²) in [6.45, 7) is 3.75. The molecule has 0 spiro atoms. The molecular weight excluding hydrogens is 318 g/mol. The highest BCUT2D eigenvalue weighted by Crippen LogP contribution is 2.17. The van der Waals surface area contributed by atoms with Crippen LogP contribution in [0.2, 0.25) is 0 Å². The monoisotopic (exact) mass is 337 g/mol. The lowest BCUT2D eigenvalue weighted by Gasteiger charge is -2.07. The summed E-state index contributed by atoms with van der Waals surface area (Å²) in [6.07, 6.45) is 0.687. The molecule has 0 fully saturated rings. The molecule has 2 aromatic carbocycles.